The number of carbonyl (C=O) groups is 2. The van der Waals surface area contributed by atoms with Gasteiger partial charge in [0.2, 0.25) is 15.9 Å². The highest BCUT2D eigenvalue weighted by Crippen LogP contribution is 2.19. The Morgan fingerprint density at radius 2 is 1.76 bits per heavy atom. The smallest absolute Gasteiger partial charge is 0.317 e. The number of nitrogens with one attached hydrogen (secondary N) is 1. The molecule has 1 atom stereocenters. The van der Waals surface area contributed by atoms with Gasteiger partial charge in [-0.2, -0.15) is 0 Å². The van der Waals surface area contributed by atoms with E-state index < -0.39 is 16.0 Å². The Kier molecular flexibility index (Phi) is 8.30. The summed E-state index contributed by atoms with van der Waals surface area (Å²) >= 11 is 0. The van der Waals surface area contributed by atoms with Crippen molar-refractivity contribution < 1.29 is 23.1 Å². The zero-order chi connectivity index (χ0) is 19.2. The maximum Gasteiger partial charge on any atom is 0.317 e. The number of carbonyl (C=O) groups excluding carboxylic acids is 1. The van der Waals surface area contributed by atoms with E-state index in [0.29, 0.717) is 31.8 Å². The molecular formula is C16H31N3O5S. The highest BCUT2D eigenvalue weighted by molar-refractivity contribution is 7.89. The van der Waals surface area contributed by atoms with Crippen LogP contribution < -0.4 is 5.32 Å². The fourth-order valence-electron chi connectivity index (χ4n) is 2.81. The third kappa shape index (κ3) is 6.91. The lowest BCUT2D eigenvalue weighted by Gasteiger charge is -2.37. The average Bonchev–Trinajstić information content (AvgIpc) is 2.53. The summed E-state index contributed by atoms with van der Waals surface area (Å²) in [5.74, 6) is -0.842. The molecule has 9 heteroatoms. The summed E-state index contributed by atoms with van der Waals surface area (Å²) in [6.45, 7) is 8.04. The van der Waals surface area contributed by atoms with E-state index in [1.807, 2.05) is 20.8 Å². The molecule has 8 nitrogen and oxygen atoms in total. The molecular weight excluding hydrogens is 346 g/mol. The lowest BCUT2D eigenvalue weighted by Crippen LogP contribution is -2.52. The van der Waals surface area contributed by atoms with Crippen LogP contribution in [0.1, 0.15) is 40.5 Å². The van der Waals surface area contributed by atoms with Crippen LogP contribution in [0.2, 0.25) is 0 Å². The van der Waals surface area contributed by atoms with Gasteiger partial charge in [0, 0.05) is 25.2 Å². The first-order valence-electron chi connectivity index (χ1n) is 8.79. The quantitative estimate of drug-likeness (QED) is 0.600. The van der Waals surface area contributed by atoms with Crippen LogP contribution in [0.15, 0.2) is 0 Å². The van der Waals surface area contributed by atoms with Crippen LogP contribution in [-0.2, 0) is 19.6 Å². The minimum atomic E-state index is -3.22. The summed E-state index contributed by atoms with van der Waals surface area (Å²) < 4.78 is 25.3. The number of sulfonamides is 1. The Balaban J connectivity index is 2.68. The van der Waals surface area contributed by atoms with Gasteiger partial charge in [-0.1, -0.05) is 13.8 Å². The number of hydrogen-bond acceptors (Lipinski definition) is 5. The van der Waals surface area contributed by atoms with Crippen molar-refractivity contribution in [3.05, 3.63) is 0 Å². The van der Waals surface area contributed by atoms with Gasteiger partial charge in [0.05, 0.1) is 18.8 Å². The van der Waals surface area contributed by atoms with Crippen molar-refractivity contribution in [3.63, 3.8) is 0 Å². The van der Waals surface area contributed by atoms with E-state index in [4.69, 9.17) is 5.11 Å². The molecule has 1 heterocycles. The van der Waals surface area contributed by atoms with E-state index in [-0.39, 0.29) is 36.8 Å². The average molecular weight is 378 g/mol. The van der Waals surface area contributed by atoms with Crippen molar-refractivity contribution in [1.82, 2.24) is 14.5 Å². The van der Waals surface area contributed by atoms with E-state index in [9.17, 15) is 18.0 Å². The molecule has 0 saturated carbocycles. The maximum atomic E-state index is 12.2. The van der Waals surface area contributed by atoms with Gasteiger partial charge in [-0.3, -0.25) is 14.5 Å². The Morgan fingerprint density at radius 3 is 2.20 bits per heavy atom. The third-order valence-electron chi connectivity index (χ3n) is 4.77. The molecule has 1 unspecified atom stereocenters. The molecule has 1 aliphatic heterocycles. The van der Waals surface area contributed by atoms with Crippen LogP contribution in [0.25, 0.3) is 0 Å². The second-order valence-corrected chi connectivity index (χ2v) is 9.19. The molecule has 0 spiro atoms. The predicted octanol–water partition coefficient (Wildman–Crippen LogP) is 0.348. The Hall–Kier alpha value is -1.19. The topological polar surface area (TPSA) is 107 Å². The number of amides is 1. The van der Waals surface area contributed by atoms with Crippen molar-refractivity contribution >= 4 is 21.9 Å². The van der Waals surface area contributed by atoms with E-state index in [2.05, 4.69) is 5.32 Å². The summed E-state index contributed by atoms with van der Waals surface area (Å²) in [5.41, 5.74) is 0. The second-order valence-electron chi connectivity index (χ2n) is 6.93. The van der Waals surface area contributed by atoms with Gasteiger partial charge in [0.1, 0.15) is 0 Å². The number of piperidine rings is 1. The van der Waals surface area contributed by atoms with Crippen molar-refractivity contribution in [3.8, 4) is 0 Å². The van der Waals surface area contributed by atoms with Gasteiger partial charge in [-0.15, -0.1) is 0 Å². The molecule has 0 radical (unpaired) electrons. The van der Waals surface area contributed by atoms with Crippen molar-refractivity contribution in [2.75, 3.05) is 31.9 Å². The van der Waals surface area contributed by atoms with Crippen LogP contribution in [-0.4, -0.2) is 78.6 Å². The standard InChI is InChI=1S/C16H31N3O5S/c1-5-25(23,24)19-8-6-14(7-9-19)18(11-16(21)22)10-15(20)17-13(4)12(2)3/h12-14H,5-11H2,1-4H3,(H,17,20)(H,21,22). The van der Waals surface area contributed by atoms with Crippen LogP contribution in [0, 0.1) is 5.92 Å². The number of aliphatic carboxylic acids is 1. The SMILES string of the molecule is CCS(=O)(=O)N1CCC(N(CC(=O)O)CC(=O)NC(C)C(C)C)CC1. The summed E-state index contributed by atoms with van der Waals surface area (Å²) in [6.07, 6.45) is 1.05. The van der Waals surface area contributed by atoms with Gasteiger partial charge < -0.3 is 10.4 Å². The zero-order valence-corrected chi connectivity index (χ0v) is 16.4. The van der Waals surface area contributed by atoms with E-state index >= 15 is 0 Å². The number of carboxylic acid groups (broad SMARTS) is 1. The lowest BCUT2D eigenvalue weighted by molar-refractivity contribution is -0.139. The summed E-state index contributed by atoms with van der Waals surface area (Å²) in [6, 6.07) is -0.102. The Morgan fingerprint density at radius 1 is 1.20 bits per heavy atom. The Labute approximate surface area is 150 Å². The molecule has 2 N–H and O–H groups in total. The summed E-state index contributed by atoms with van der Waals surface area (Å²) in [5, 5.41) is 12.0. The lowest BCUT2D eigenvalue weighted by atomic mass is 10.0. The van der Waals surface area contributed by atoms with E-state index in [1.165, 1.54) is 4.31 Å². The Bertz CT molecular complexity index is 556. The molecule has 146 valence electrons. The molecule has 0 aromatic carbocycles. The number of rotatable bonds is 9. The minimum absolute atomic E-state index is 0.00849. The van der Waals surface area contributed by atoms with Gasteiger partial charge in [-0.25, -0.2) is 12.7 Å². The largest absolute Gasteiger partial charge is 0.480 e. The molecule has 1 saturated heterocycles. The number of carboxylic acids is 1. The molecule has 1 amide bonds. The maximum absolute atomic E-state index is 12.2. The summed E-state index contributed by atoms with van der Waals surface area (Å²) in [7, 11) is -3.22. The molecule has 0 aromatic heterocycles. The van der Waals surface area contributed by atoms with E-state index in [1.54, 1.807) is 11.8 Å². The number of hydrogen-bond donors (Lipinski definition) is 2. The zero-order valence-electron chi connectivity index (χ0n) is 15.6. The second kappa shape index (κ2) is 9.49. The van der Waals surface area contributed by atoms with Crippen LogP contribution in [0.4, 0.5) is 0 Å². The molecule has 0 aromatic rings. The first kappa shape index (κ1) is 21.9. The highest BCUT2D eigenvalue weighted by atomic mass is 32.2. The first-order valence-corrected chi connectivity index (χ1v) is 10.4. The molecule has 1 aliphatic rings. The van der Waals surface area contributed by atoms with Crippen LogP contribution >= 0.6 is 0 Å². The molecule has 25 heavy (non-hydrogen) atoms. The molecule has 0 bridgehead atoms. The van der Waals surface area contributed by atoms with Crippen LogP contribution in [0.5, 0.6) is 0 Å². The van der Waals surface area contributed by atoms with Gasteiger partial charge in [0.25, 0.3) is 0 Å². The van der Waals surface area contributed by atoms with Crippen molar-refractivity contribution in [2.24, 2.45) is 5.92 Å². The molecule has 1 rings (SSSR count). The number of nitrogens with zero attached hydrogens (tertiary/aromatic N) is 2. The van der Waals surface area contributed by atoms with Crippen molar-refractivity contribution in [2.45, 2.75) is 52.6 Å². The van der Waals surface area contributed by atoms with Gasteiger partial charge in [0.15, 0.2) is 0 Å². The van der Waals surface area contributed by atoms with Gasteiger partial charge in [-0.05, 0) is 32.6 Å². The third-order valence-corrected chi connectivity index (χ3v) is 6.65. The molecule has 1 fully saturated rings. The normalized spacial score (nSPS) is 18.5. The fourth-order valence-corrected chi connectivity index (χ4v) is 3.94. The summed E-state index contributed by atoms with van der Waals surface area (Å²) in [4.78, 5) is 25.0. The fraction of sp³-hybridized carbons (Fsp3) is 0.875. The first-order chi connectivity index (χ1) is 11.6. The highest BCUT2D eigenvalue weighted by Gasteiger charge is 2.31. The minimum Gasteiger partial charge on any atom is -0.480 e. The molecule has 0 aliphatic carbocycles. The van der Waals surface area contributed by atoms with Crippen LogP contribution in [0.3, 0.4) is 0 Å². The monoisotopic (exact) mass is 377 g/mol. The van der Waals surface area contributed by atoms with Gasteiger partial charge >= 0.3 is 5.97 Å². The predicted molar refractivity (Wildman–Crippen MR) is 95.7 cm³/mol. The van der Waals surface area contributed by atoms with E-state index in [0.717, 1.165) is 0 Å². The van der Waals surface area contributed by atoms with Crippen molar-refractivity contribution in [1.29, 1.82) is 0 Å².